The zero-order valence-electron chi connectivity index (χ0n) is 12.1. The van der Waals surface area contributed by atoms with Gasteiger partial charge < -0.3 is 4.90 Å². The number of hydrogen-bond donors (Lipinski definition) is 0. The summed E-state index contributed by atoms with van der Waals surface area (Å²) < 4.78 is 1.91. The predicted molar refractivity (Wildman–Crippen MR) is 75.5 cm³/mol. The Morgan fingerprint density at radius 2 is 2.00 bits per heavy atom. The topological polar surface area (TPSA) is 46.3 Å². The molecule has 5 nitrogen and oxygen atoms in total. The molecule has 0 N–H and O–H groups in total. The summed E-state index contributed by atoms with van der Waals surface area (Å²) in [6.07, 6.45) is 2.43. The van der Waals surface area contributed by atoms with Crippen LogP contribution < -0.4 is 4.90 Å². The first kappa shape index (κ1) is 12.4. The molecule has 5 heteroatoms. The molecular weight excluding hydrogens is 238 g/mol. The lowest BCUT2D eigenvalue weighted by atomic mass is 9.96. The highest BCUT2D eigenvalue weighted by molar-refractivity contribution is 5.45. The highest BCUT2D eigenvalue weighted by atomic mass is 15.4. The second-order valence-corrected chi connectivity index (χ2v) is 6.71. The third-order valence-electron chi connectivity index (χ3n) is 3.32. The van der Waals surface area contributed by atoms with Crippen LogP contribution in [0.25, 0.3) is 5.65 Å². The second-order valence-electron chi connectivity index (χ2n) is 6.71. The SMILES string of the molecule is CN(CC(C)(C)C)c1ccc2nnc(C3CC3)n2n1. The van der Waals surface area contributed by atoms with E-state index >= 15 is 0 Å². The molecule has 3 rings (SSSR count). The van der Waals surface area contributed by atoms with Gasteiger partial charge in [-0.25, -0.2) is 0 Å². The first-order valence-corrected chi connectivity index (χ1v) is 6.87. The van der Waals surface area contributed by atoms with Crippen molar-refractivity contribution in [3.63, 3.8) is 0 Å². The summed E-state index contributed by atoms with van der Waals surface area (Å²) in [5, 5.41) is 13.1. The largest absolute Gasteiger partial charge is 0.358 e. The van der Waals surface area contributed by atoms with E-state index in [9.17, 15) is 0 Å². The van der Waals surface area contributed by atoms with E-state index in [1.165, 1.54) is 12.8 Å². The van der Waals surface area contributed by atoms with Crippen LogP contribution in [0.15, 0.2) is 12.1 Å². The fourth-order valence-corrected chi connectivity index (χ4v) is 2.39. The molecule has 2 heterocycles. The zero-order valence-corrected chi connectivity index (χ0v) is 12.1. The lowest BCUT2D eigenvalue weighted by Gasteiger charge is -2.27. The highest BCUT2D eigenvalue weighted by Crippen LogP contribution is 2.38. The van der Waals surface area contributed by atoms with Gasteiger partial charge in [0.2, 0.25) is 0 Å². The molecule has 0 bridgehead atoms. The van der Waals surface area contributed by atoms with Gasteiger partial charge >= 0.3 is 0 Å². The molecule has 2 aromatic rings. The molecule has 1 saturated carbocycles. The van der Waals surface area contributed by atoms with Crippen molar-refractivity contribution in [3.05, 3.63) is 18.0 Å². The average Bonchev–Trinajstić information content (AvgIpc) is 3.06. The van der Waals surface area contributed by atoms with E-state index in [-0.39, 0.29) is 5.41 Å². The first-order chi connectivity index (χ1) is 8.94. The summed E-state index contributed by atoms with van der Waals surface area (Å²) in [7, 11) is 2.08. The Hall–Kier alpha value is -1.65. The van der Waals surface area contributed by atoms with E-state index in [1.807, 2.05) is 16.6 Å². The van der Waals surface area contributed by atoms with Gasteiger partial charge in [0.1, 0.15) is 5.82 Å². The maximum atomic E-state index is 4.70. The summed E-state index contributed by atoms with van der Waals surface area (Å²) in [4.78, 5) is 2.19. The minimum Gasteiger partial charge on any atom is -0.358 e. The monoisotopic (exact) mass is 259 g/mol. The van der Waals surface area contributed by atoms with E-state index in [1.54, 1.807) is 0 Å². The Balaban J connectivity index is 1.93. The van der Waals surface area contributed by atoms with Crippen molar-refractivity contribution in [2.24, 2.45) is 5.41 Å². The molecule has 0 radical (unpaired) electrons. The smallest absolute Gasteiger partial charge is 0.178 e. The highest BCUT2D eigenvalue weighted by Gasteiger charge is 2.29. The number of fused-ring (bicyclic) bond motifs is 1. The number of rotatable bonds is 3. The molecule has 1 aliphatic carbocycles. The van der Waals surface area contributed by atoms with Crippen LogP contribution in [0.1, 0.15) is 45.4 Å². The van der Waals surface area contributed by atoms with Gasteiger partial charge in [-0.1, -0.05) is 20.8 Å². The van der Waals surface area contributed by atoms with Gasteiger partial charge in [-0.05, 0) is 30.4 Å². The molecule has 0 spiro atoms. The van der Waals surface area contributed by atoms with Crippen molar-refractivity contribution in [2.75, 3.05) is 18.5 Å². The van der Waals surface area contributed by atoms with Crippen LogP contribution in [0, 0.1) is 5.41 Å². The van der Waals surface area contributed by atoms with Crippen molar-refractivity contribution in [3.8, 4) is 0 Å². The van der Waals surface area contributed by atoms with Crippen molar-refractivity contribution in [2.45, 2.75) is 39.5 Å². The fourth-order valence-electron chi connectivity index (χ4n) is 2.39. The molecule has 0 aliphatic heterocycles. The van der Waals surface area contributed by atoms with Crippen LogP contribution in [0.2, 0.25) is 0 Å². The van der Waals surface area contributed by atoms with Gasteiger partial charge in [0.25, 0.3) is 0 Å². The van der Waals surface area contributed by atoms with E-state index in [0.29, 0.717) is 5.92 Å². The van der Waals surface area contributed by atoms with Crippen molar-refractivity contribution in [1.82, 2.24) is 19.8 Å². The van der Waals surface area contributed by atoms with Crippen molar-refractivity contribution < 1.29 is 0 Å². The van der Waals surface area contributed by atoms with Crippen LogP contribution >= 0.6 is 0 Å². The van der Waals surface area contributed by atoms with Crippen LogP contribution in [0.4, 0.5) is 5.82 Å². The maximum Gasteiger partial charge on any atom is 0.178 e. The van der Waals surface area contributed by atoms with Gasteiger partial charge in [0.05, 0.1) is 0 Å². The summed E-state index contributed by atoms with van der Waals surface area (Å²) in [6, 6.07) is 4.02. The molecule has 0 amide bonds. The van der Waals surface area contributed by atoms with E-state index in [4.69, 9.17) is 5.10 Å². The number of hydrogen-bond acceptors (Lipinski definition) is 4. The standard InChI is InChI=1S/C14H21N5/c1-14(2,3)9-18(4)12-8-7-11-15-16-13(10-5-6-10)19(11)17-12/h7-8,10H,5-6,9H2,1-4H3. The Morgan fingerprint density at radius 1 is 1.26 bits per heavy atom. The van der Waals surface area contributed by atoms with Crippen LogP contribution in [0.5, 0.6) is 0 Å². The third-order valence-corrected chi connectivity index (χ3v) is 3.32. The van der Waals surface area contributed by atoms with Crippen LogP contribution in [-0.2, 0) is 0 Å². The summed E-state index contributed by atoms with van der Waals surface area (Å²) >= 11 is 0. The first-order valence-electron chi connectivity index (χ1n) is 6.87. The van der Waals surface area contributed by atoms with Gasteiger partial charge in [0.15, 0.2) is 11.5 Å². The Labute approximate surface area is 113 Å². The Kier molecular flexibility index (Phi) is 2.73. The van der Waals surface area contributed by atoms with Gasteiger partial charge in [0, 0.05) is 19.5 Å². The fraction of sp³-hybridized carbons (Fsp3) is 0.643. The molecule has 1 fully saturated rings. The van der Waals surface area contributed by atoms with Gasteiger partial charge in [-0.15, -0.1) is 15.3 Å². The van der Waals surface area contributed by atoms with E-state index in [0.717, 1.165) is 23.8 Å². The summed E-state index contributed by atoms with van der Waals surface area (Å²) in [5.41, 5.74) is 1.09. The molecule has 1 aliphatic rings. The summed E-state index contributed by atoms with van der Waals surface area (Å²) in [5.74, 6) is 2.55. The lowest BCUT2D eigenvalue weighted by molar-refractivity contribution is 0.417. The molecule has 2 aromatic heterocycles. The maximum absolute atomic E-state index is 4.70. The molecule has 0 atom stereocenters. The third kappa shape index (κ3) is 2.55. The number of nitrogens with zero attached hydrogens (tertiary/aromatic N) is 5. The normalized spacial score (nSPS) is 16.0. The molecule has 102 valence electrons. The molecule has 0 aromatic carbocycles. The molecule has 19 heavy (non-hydrogen) atoms. The van der Waals surface area contributed by atoms with Crippen LogP contribution in [0.3, 0.4) is 0 Å². The Morgan fingerprint density at radius 3 is 2.63 bits per heavy atom. The molecular formula is C14H21N5. The zero-order chi connectivity index (χ0) is 13.6. The predicted octanol–water partition coefficient (Wildman–Crippen LogP) is 2.48. The molecule has 0 unspecified atom stereocenters. The number of anilines is 1. The van der Waals surface area contributed by atoms with Gasteiger partial charge in [-0.2, -0.15) is 4.52 Å². The van der Waals surface area contributed by atoms with Crippen molar-refractivity contribution >= 4 is 11.5 Å². The van der Waals surface area contributed by atoms with E-state index < -0.39 is 0 Å². The second kappa shape index (κ2) is 4.18. The van der Waals surface area contributed by atoms with Crippen molar-refractivity contribution in [1.29, 1.82) is 0 Å². The molecule has 0 saturated heterocycles. The quantitative estimate of drug-likeness (QED) is 0.849. The average molecular weight is 259 g/mol. The van der Waals surface area contributed by atoms with E-state index in [2.05, 4.69) is 42.9 Å². The minimum atomic E-state index is 0.248. The van der Waals surface area contributed by atoms with Crippen LogP contribution in [-0.4, -0.2) is 33.4 Å². The summed E-state index contributed by atoms with van der Waals surface area (Å²) in [6.45, 7) is 7.66. The number of aromatic nitrogens is 4. The minimum absolute atomic E-state index is 0.248. The Bertz CT molecular complexity index is 591. The lowest BCUT2D eigenvalue weighted by Crippen LogP contribution is -2.30. The van der Waals surface area contributed by atoms with Gasteiger partial charge in [-0.3, -0.25) is 0 Å².